The molecule has 0 fully saturated rings. The van der Waals surface area contributed by atoms with Gasteiger partial charge in [0.25, 0.3) is 5.88 Å². The normalized spacial score (nSPS) is 10.5. The predicted octanol–water partition coefficient (Wildman–Crippen LogP) is 0.721. The second kappa shape index (κ2) is 2.67. The second-order valence-corrected chi connectivity index (χ2v) is 2.93. The van der Waals surface area contributed by atoms with E-state index < -0.39 is 0 Å². The minimum Gasteiger partial charge on any atom is -0.335 e. The van der Waals surface area contributed by atoms with Crippen LogP contribution < -0.4 is 0 Å². The van der Waals surface area contributed by atoms with Crippen molar-refractivity contribution in [2.45, 2.75) is 6.92 Å². The van der Waals surface area contributed by atoms with Gasteiger partial charge in [0.1, 0.15) is 10.8 Å². The molecule has 0 bridgehead atoms. The van der Waals surface area contributed by atoms with Crippen molar-refractivity contribution in [1.29, 1.82) is 0 Å². The van der Waals surface area contributed by atoms with E-state index in [9.17, 15) is 0 Å². The Hall–Kier alpha value is -1.24. The molecule has 0 aliphatic carbocycles. The van der Waals surface area contributed by atoms with Crippen molar-refractivity contribution in [1.82, 2.24) is 25.4 Å². The number of rotatable bonds is 1. The highest BCUT2D eigenvalue weighted by Crippen LogP contribution is 2.22. The highest BCUT2D eigenvalue weighted by atomic mass is 79.9. The van der Waals surface area contributed by atoms with Crippen LogP contribution in [0, 0.1) is 6.92 Å². The van der Waals surface area contributed by atoms with Gasteiger partial charge in [-0.3, -0.25) is 0 Å². The van der Waals surface area contributed by atoms with Crippen LogP contribution in [0.3, 0.4) is 0 Å². The van der Waals surface area contributed by atoms with E-state index in [1.807, 2.05) is 6.92 Å². The summed E-state index contributed by atoms with van der Waals surface area (Å²) in [5.74, 6) is 0.484. The van der Waals surface area contributed by atoms with Gasteiger partial charge in [-0.15, -0.1) is 5.10 Å². The molecule has 0 saturated carbocycles. The largest absolute Gasteiger partial charge is 0.335 e. The minimum absolute atomic E-state index is 0.484. The lowest BCUT2D eigenvalue weighted by Gasteiger charge is -1.89. The number of nitrogens with zero attached hydrogens (tertiary/aromatic N) is 5. The van der Waals surface area contributed by atoms with Gasteiger partial charge in [0.2, 0.25) is 0 Å². The van der Waals surface area contributed by atoms with Crippen molar-refractivity contribution < 1.29 is 4.52 Å². The highest BCUT2D eigenvalue weighted by molar-refractivity contribution is 9.10. The SMILES string of the molecule is Cc1noc(-n2cnnn2)c1Br. The third-order valence-electron chi connectivity index (χ3n) is 1.33. The van der Waals surface area contributed by atoms with Crippen LogP contribution in [0.25, 0.3) is 5.88 Å². The number of hydrogen-bond donors (Lipinski definition) is 0. The molecule has 0 aromatic carbocycles. The standard InChI is InChI=1S/C5H4BrN5O/c1-3-4(6)5(12-8-3)11-2-7-9-10-11/h2H,1H3. The Kier molecular flexibility index (Phi) is 1.65. The zero-order valence-electron chi connectivity index (χ0n) is 6.10. The first-order chi connectivity index (χ1) is 5.79. The summed E-state index contributed by atoms with van der Waals surface area (Å²) in [4.78, 5) is 0. The molecular formula is C5H4BrN5O. The van der Waals surface area contributed by atoms with Gasteiger partial charge in [0.15, 0.2) is 0 Å². The first-order valence-electron chi connectivity index (χ1n) is 3.14. The van der Waals surface area contributed by atoms with E-state index in [-0.39, 0.29) is 0 Å². The summed E-state index contributed by atoms with van der Waals surface area (Å²) in [5.41, 5.74) is 0.764. The van der Waals surface area contributed by atoms with Gasteiger partial charge in [0.05, 0.1) is 5.69 Å². The summed E-state index contributed by atoms with van der Waals surface area (Å²) < 4.78 is 7.12. The molecule has 0 N–H and O–H groups in total. The molecule has 6 nitrogen and oxygen atoms in total. The molecule has 2 rings (SSSR count). The molecule has 0 aliphatic heterocycles. The molecule has 2 heterocycles. The fraction of sp³-hybridized carbons (Fsp3) is 0.200. The summed E-state index contributed by atoms with van der Waals surface area (Å²) in [7, 11) is 0. The molecule has 62 valence electrons. The second-order valence-electron chi connectivity index (χ2n) is 2.14. The fourth-order valence-electron chi connectivity index (χ4n) is 0.743. The molecule has 2 aromatic rings. The van der Waals surface area contributed by atoms with Gasteiger partial charge < -0.3 is 4.52 Å². The molecular weight excluding hydrogens is 226 g/mol. The lowest BCUT2D eigenvalue weighted by molar-refractivity contribution is 0.392. The Bertz CT molecular complexity index is 380. The third-order valence-corrected chi connectivity index (χ3v) is 2.24. The number of hydrogen-bond acceptors (Lipinski definition) is 5. The maximum atomic E-state index is 4.96. The molecule has 12 heavy (non-hydrogen) atoms. The summed E-state index contributed by atoms with van der Waals surface area (Å²) in [5, 5.41) is 14.3. The smallest absolute Gasteiger partial charge is 0.269 e. The Morgan fingerprint density at radius 2 is 2.42 bits per heavy atom. The quantitative estimate of drug-likeness (QED) is 0.721. The Morgan fingerprint density at radius 1 is 1.58 bits per heavy atom. The number of tetrazole rings is 1. The maximum absolute atomic E-state index is 4.96. The fourth-order valence-corrected chi connectivity index (χ4v) is 1.07. The van der Waals surface area contributed by atoms with Crippen molar-refractivity contribution in [2.75, 3.05) is 0 Å². The predicted molar refractivity (Wildman–Crippen MR) is 41.7 cm³/mol. The van der Waals surface area contributed by atoms with E-state index in [0.717, 1.165) is 10.2 Å². The molecule has 0 atom stereocenters. The van der Waals surface area contributed by atoms with E-state index >= 15 is 0 Å². The van der Waals surface area contributed by atoms with Gasteiger partial charge in [-0.25, -0.2) is 0 Å². The van der Waals surface area contributed by atoms with Crippen LogP contribution in [-0.4, -0.2) is 25.4 Å². The number of halogens is 1. The molecule has 0 aliphatic rings. The van der Waals surface area contributed by atoms with Crippen molar-refractivity contribution in [3.63, 3.8) is 0 Å². The molecule has 0 radical (unpaired) electrons. The molecule has 7 heteroatoms. The van der Waals surface area contributed by atoms with Crippen molar-refractivity contribution >= 4 is 15.9 Å². The summed E-state index contributed by atoms with van der Waals surface area (Å²) in [6, 6.07) is 0. The van der Waals surface area contributed by atoms with Gasteiger partial charge in [-0.1, -0.05) is 5.16 Å². The van der Waals surface area contributed by atoms with Crippen LogP contribution in [0.5, 0.6) is 0 Å². The average molecular weight is 230 g/mol. The Balaban J connectivity index is 2.55. The minimum atomic E-state index is 0.484. The van der Waals surface area contributed by atoms with E-state index in [1.54, 1.807) is 0 Å². The zero-order chi connectivity index (χ0) is 8.55. The van der Waals surface area contributed by atoms with Gasteiger partial charge in [0, 0.05) is 0 Å². The van der Waals surface area contributed by atoms with Crippen LogP contribution >= 0.6 is 15.9 Å². The summed E-state index contributed by atoms with van der Waals surface area (Å²) in [6.45, 7) is 1.82. The third kappa shape index (κ3) is 1.02. The summed E-state index contributed by atoms with van der Waals surface area (Å²) >= 11 is 3.30. The average Bonchev–Trinajstić information content (AvgIpc) is 2.64. The Labute approximate surface area is 75.7 Å². The molecule has 2 aromatic heterocycles. The van der Waals surface area contributed by atoms with Crippen molar-refractivity contribution in [3.05, 3.63) is 16.5 Å². The molecule has 0 spiro atoms. The van der Waals surface area contributed by atoms with Crippen LogP contribution in [-0.2, 0) is 0 Å². The maximum Gasteiger partial charge on any atom is 0.269 e. The van der Waals surface area contributed by atoms with Crippen LogP contribution in [0.4, 0.5) is 0 Å². The first kappa shape index (κ1) is 7.41. The zero-order valence-corrected chi connectivity index (χ0v) is 7.69. The van der Waals surface area contributed by atoms with Gasteiger partial charge in [-0.2, -0.15) is 4.68 Å². The van der Waals surface area contributed by atoms with Crippen LogP contribution in [0.2, 0.25) is 0 Å². The van der Waals surface area contributed by atoms with E-state index in [1.165, 1.54) is 11.0 Å². The van der Waals surface area contributed by atoms with E-state index in [0.29, 0.717) is 5.88 Å². The van der Waals surface area contributed by atoms with Gasteiger partial charge >= 0.3 is 0 Å². The summed E-state index contributed by atoms with van der Waals surface area (Å²) in [6.07, 6.45) is 1.44. The number of aryl methyl sites for hydroxylation is 1. The lowest BCUT2D eigenvalue weighted by Crippen LogP contribution is -1.93. The Morgan fingerprint density at radius 3 is 2.92 bits per heavy atom. The van der Waals surface area contributed by atoms with Crippen molar-refractivity contribution in [2.24, 2.45) is 0 Å². The molecule has 0 unspecified atom stereocenters. The van der Waals surface area contributed by atoms with Gasteiger partial charge in [-0.05, 0) is 33.3 Å². The highest BCUT2D eigenvalue weighted by Gasteiger charge is 2.12. The lowest BCUT2D eigenvalue weighted by atomic mass is 10.5. The monoisotopic (exact) mass is 229 g/mol. The van der Waals surface area contributed by atoms with E-state index in [4.69, 9.17) is 4.52 Å². The molecule has 0 amide bonds. The first-order valence-corrected chi connectivity index (χ1v) is 3.93. The number of aromatic nitrogens is 5. The van der Waals surface area contributed by atoms with E-state index in [2.05, 4.69) is 36.6 Å². The van der Waals surface area contributed by atoms with Crippen LogP contribution in [0.15, 0.2) is 15.3 Å². The topological polar surface area (TPSA) is 69.6 Å². The molecule has 0 saturated heterocycles. The van der Waals surface area contributed by atoms with Crippen molar-refractivity contribution in [3.8, 4) is 5.88 Å². The van der Waals surface area contributed by atoms with Crippen LogP contribution in [0.1, 0.15) is 5.69 Å².